The van der Waals surface area contributed by atoms with E-state index in [0.717, 1.165) is 57.8 Å². The molecule has 0 aliphatic heterocycles. The van der Waals surface area contributed by atoms with E-state index in [1.54, 1.807) is 0 Å². The standard InChI is InChI=1S/C70H139N2O7P/c1-7-10-13-16-19-22-25-28-30-32-34-35-36-37-39-40-42-44-47-50-53-56-59-62-69(73)71-67(66-78-80(75,76)77-65-64-72(4,5)6)68(61-58-55-52-49-46-27-24-21-18-15-12-9-3)79-70(74)63-60-57-54-51-48-45-43-41-38-33-31-29-26-23-20-17-14-11-8-2/h58,61,67-68H,7-57,59-60,62-66H2,1-6H3,(H-,71,73,75,76)/b61-58+. The summed E-state index contributed by atoms with van der Waals surface area (Å²) >= 11 is 0. The molecular weight excluding hydrogens is 1010 g/mol. The van der Waals surface area contributed by atoms with Gasteiger partial charge in [0.25, 0.3) is 7.82 Å². The van der Waals surface area contributed by atoms with Crippen LogP contribution in [0, 0.1) is 0 Å². The zero-order valence-electron chi connectivity index (χ0n) is 54.6. The number of amides is 1. The van der Waals surface area contributed by atoms with E-state index in [-0.39, 0.29) is 31.5 Å². The molecule has 9 nitrogen and oxygen atoms in total. The number of hydrogen-bond donors (Lipinski definition) is 1. The SMILES string of the molecule is CCCCCCCCCCCC/C=C/C(OC(=O)CCCCCCCCCCCCCCCCCCCCC)C(COP(=O)([O-])OCC[N+](C)(C)C)NC(=O)CCCCCCCCCCCCCCCCCCCCCCCCC. The molecule has 0 aromatic rings. The van der Waals surface area contributed by atoms with Crippen LogP contribution in [-0.4, -0.2) is 69.4 Å². The number of hydrogen-bond acceptors (Lipinski definition) is 7. The summed E-state index contributed by atoms with van der Waals surface area (Å²) in [7, 11) is 1.21. The highest BCUT2D eigenvalue weighted by Gasteiger charge is 2.27. The third-order valence-electron chi connectivity index (χ3n) is 16.5. The maximum atomic E-state index is 13.6. The molecular formula is C70H139N2O7P. The number of phosphoric ester groups is 1. The fourth-order valence-electron chi connectivity index (χ4n) is 11.0. The first-order valence-electron chi connectivity index (χ1n) is 35.5. The highest BCUT2D eigenvalue weighted by atomic mass is 31.2. The second-order valence-corrected chi connectivity index (χ2v) is 27.2. The molecule has 0 heterocycles. The molecule has 3 atom stereocenters. The minimum atomic E-state index is -4.69. The van der Waals surface area contributed by atoms with Crippen LogP contribution in [0.5, 0.6) is 0 Å². The van der Waals surface area contributed by atoms with Gasteiger partial charge in [-0.05, 0) is 31.8 Å². The van der Waals surface area contributed by atoms with Gasteiger partial charge in [-0.3, -0.25) is 14.2 Å². The van der Waals surface area contributed by atoms with Crippen molar-refractivity contribution in [2.75, 3.05) is 40.9 Å². The molecule has 10 heteroatoms. The number of likely N-dealkylation sites (N-methyl/N-ethyl adjacent to an activating group) is 1. The van der Waals surface area contributed by atoms with E-state index in [1.807, 2.05) is 33.3 Å². The van der Waals surface area contributed by atoms with Crippen molar-refractivity contribution in [3.05, 3.63) is 12.2 Å². The minimum absolute atomic E-state index is 0.0164. The molecule has 1 amide bonds. The zero-order chi connectivity index (χ0) is 58.6. The van der Waals surface area contributed by atoms with Crippen LogP contribution in [-0.2, 0) is 27.9 Å². The molecule has 0 rings (SSSR count). The summed E-state index contributed by atoms with van der Waals surface area (Å²) < 4.78 is 30.5. The first-order valence-corrected chi connectivity index (χ1v) is 37.0. The molecule has 0 aromatic carbocycles. The Bertz CT molecular complexity index is 1370. The van der Waals surface area contributed by atoms with Gasteiger partial charge in [0.05, 0.1) is 33.8 Å². The predicted molar refractivity (Wildman–Crippen MR) is 344 cm³/mol. The van der Waals surface area contributed by atoms with Gasteiger partial charge in [0.2, 0.25) is 5.91 Å². The van der Waals surface area contributed by atoms with Gasteiger partial charge in [0.1, 0.15) is 19.3 Å². The van der Waals surface area contributed by atoms with Gasteiger partial charge in [-0.1, -0.05) is 341 Å². The number of phosphoric acid groups is 1. The number of carbonyl (C=O) groups is 2. The van der Waals surface area contributed by atoms with E-state index in [2.05, 4.69) is 26.1 Å². The van der Waals surface area contributed by atoms with Crippen LogP contribution in [0.4, 0.5) is 0 Å². The van der Waals surface area contributed by atoms with Gasteiger partial charge in [0, 0.05) is 12.8 Å². The number of rotatable bonds is 66. The van der Waals surface area contributed by atoms with E-state index >= 15 is 0 Å². The maximum absolute atomic E-state index is 13.6. The Morgan fingerprint density at radius 1 is 0.425 bits per heavy atom. The summed E-state index contributed by atoms with van der Waals surface area (Å²) in [5.41, 5.74) is 0. The fraction of sp³-hybridized carbons (Fsp3) is 0.943. The molecule has 0 fully saturated rings. The van der Waals surface area contributed by atoms with Crippen LogP contribution in [0.25, 0.3) is 0 Å². The molecule has 0 saturated heterocycles. The van der Waals surface area contributed by atoms with Crippen molar-refractivity contribution in [2.45, 2.75) is 386 Å². The summed E-state index contributed by atoms with van der Waals surface area (Å²) in [5.74, 6) is -0.513. The molecule has 0 bridgehead atoms. The quantitative estimate of drug-likeness (QED) is 0.0212. The molecule has 3 unspecified atom stereocenters. The molecule has 0 spiro atoms. The van der Waals surface area contributed by atoms with Crippen molar-refractivity contribution < 1.29 is 37.3 Å². The molecule has 0 aromatic heterocycles. The average Bonchev–Trinajstić information content (AvgIpc) is 3.42. The third-order valence-corrected chi connectivity index (χ3v) is 17.4. The summed E-state index contributed by atoms with van der Waals surface area (Å²) in [5, 5.41) is 3.05. The van der Waals surface area contributed by atoms with Gasteiger partial charge in [-0.25, -0.2) is 0 Å². The topological polar surface area (TPSA) is 114 Å². The normalized spacial score (nSPS) is 13.5. The number of unbranched alkanes of at least 4 members (excludes halogenated alkanes) is 50. The van der Waals surface area contributed by atoms with E-state index in [0.29, 0.717) is 17.4 Å². The Hall–Kier alpha value is -1.25. The number of nitrogens with one attached hydrogen (secondary N) is 1. The summed E-state index contributed by atoms with van der Waals surface area (Å²) in [6.45, 7) is 6.92. The lowest BCUT2D eigenvalue weighted by molar-refractivity contribution is -0.870. The number of quaternary nitrogens is 1. The summed E-state index contributed by atoms with van der Waals surface area (Å²) in [6, 6.07) is -0.880. The van der Waals surface area contributed by atoms with E-state index in [1.165, 1.54) is 283 Å². The molecule has 1 N–H and O–H groups in total. The number of esters is 1. The van der Waals surface area contributed by atoms with E-state index < -0.39 is 20.0 Å². The molecule has 0 radical (unpaired) electrons. The minimum Gasteiger partial charge on any atom is -0.756 e. The molecule has 0 aliphatic carbocycles. The second-order valence-electron chi connectivity index (χ2n) is 25.8. The number of allylic oxidation sites excluding steroid dienone is 1. The van der Waals surface area contributed by atoms with E-state index in [9.17, 15) is 19.0 Å². The second kappa shape index (κ2) is 60.9. The predicted octanol–water partition coefficient (Wildman–Crippen LogP) is 21.7. The number of carbonyl (C=O) groups excluding carboxylic acids is 2. The number of ether oxygens (including phenoxy) is 1. The van der Waals surface area contributed by atoms with Gasteiger partial charge in [-0.15, -0.1) is 0 Å². The zero-order valence-corrected chi connectivity index (χ0v) is 55.5. The van der Waals surface area contributed by atoms with Crippen molar-refractivity contribution in [2.24, 2.45) is 0 Å². The fourth-order valence-corrected chi connectivity index (χ4v) is 11.7. The van der Waals surface area contributed by atoms with Gasteiger partial charge in [0.15, 0.2) is 0 Å². The molecule has 0 aliphatic rings. The monoisotopic (exact) mass is 1150 g/mol. The molecule has 80 heavy (non-hydrogen) atoms. The third kappa shape index (κ3) is 61.3. The molecule has 476 valence electrons. The van der Waals surface area contributed by atoms with Gasteiger partial charge >= 0.3 is 5.97 Å². The Morgan fingerprint density at radius 3 is 1.02 bits per heavy atom. The van der Waals surface area contributed by atoms with Crippen molar-refractivity contribution in [1.29, 1.82) is 0 Å². The largest absolute Gasteiger partial charge is 0.756 e. The Balaban J connectivity index is 5.03. The van der Waals surface area contributed by atoms with Crippen LogP contribution < -0.4 is 10.2 Å². The molecule has 0 saturated carbocycles. The first-order chi connectivity index (χ1) is 38.9. The Labute approximate surface area is 499 Å². The number of nitrogens with zero attached hydrogens (tertiary/aromatic N) is 1. The Kier molecular flexibility index (Phi) is 59.9. The van der Waals surface area contributed by atoms with Crippen LogP contribution in [0.1, 0.15) is 374 Å². The van der Waals surface area contributed by atoms with Crippen molar-refractivity contribution in [1.82, 2.24) is 5.32 Å². The highest BCUT2D eigenvalue weighted by Crippen LogP contribution is 2.38. The smallest absolute Gasteiger partial charge is 0.306 e. The summed E-state index contributed by atoms with van der Waals surface area (Å²) in [4.78, 5) is 40.1. The lowest BCUT2D eigenvalue weighted by Gasteiger charge is -2.30. The van der Waals surface area contributed by atoms with E-state index in [4.69, 9.17) is 13.8 Å². The maximum Gasteiger partial charge on any atom is 0.306 e. The lowest BCUT2D eigenvalue weighted by atomic mass is 10.0. The first kappa shape index (κ1) is 78.8. The average molecular weight is 1150 g/mol. The van der Waals surface area contributed by atoms with Gasteiger partial charge < -0.3 is 28.5 Å². The van der Waals surface area contributed by atoms with Crippen molar-refractivity contribution in [3.63, 3.8) is 0 Å². The van der Waals surface area contributed by atoms with Crippen LogP contribution >= 0.6 is 7.82 Å². The summed E-state index contributed by atoms with van der Waals surface area (Å²) in [6.07, 6.45) is 71.9. The van der Waals surface area contributed by atoms with Crippen molar-refractivity contribution >= 4 is 19.7 Å². The van der Waals surface area contributed by atoms with Crippen LogP contribution in [0.3, 0.4) is 0 Å². The lowest BCUT2D eigenvalue weighted by Crippen LogP contribution is -2.47. The Morgan fingerprint density at radius 2 is 0.713 bits per heavy atom. The van der Waals surface area contributed by atoms with Gasteiger partial charge in [-0.2, -0.15) is 0 Å². The van der Waals surface area contributed by atoms with Crippen molar-refractivity contribution in [3.8, 4) is 0 Å². The highest BCUT2D eigenvalue weighted by molar-refractivity contribution is 7.45. The van der Waals surface area contributed by atoms with Crippen LogP contribution in [0.2, 0.25) is 0 Å². The van der Waals surface area contributed by atoms with Crippen LogP contribution in [0.15, 0.2) is 12.2 Å².